The number of nitrogens with zero attached hydrogens (tertiary/aromatic N) is 2. The lowest BCUT2D eigenvalue weighted by Crippen LogP contribution is -2.56. The van der Waals surface area contributed by atoms with Crippen molar-refractivity contribution in [2.45, 2.75) is 46.1 Å². The second-order valence-corrected chi connectivity index (χ2v) is 8.07. The van der Waals surface area contributed by atoms with Crippen LogP contribution in [0.3, 0.4) is 0 Å². The summed E-state index contributed by atoms with van der Waals surface area (Å²) in [4.78, 5) is 28.7. The molecule has 6 heteroatoms. The molecule has 26 heavy (non-hydrogen) atoms. The number of hydrogen-bond acceptors (Lipinski definition) is 3. The third-order valence-electron chi connectivity index (χ3n) is 4.46. The Labute approximate surface area is 156 Å². The van der Waals surface area contributed by atoms with E-state index in [4.69, 9.17) is 4.74 Å². The molecule has 1 heterocycles. The van der Waals surface area contributed by atoms with Gasteiger partial charge in [-0.15, -0.1) is 0 Å². The lowest BCUT2D eigenvalue weighted by molar-refractivity contribution is 0.0658. The number of ether oxygens (including phenoxy) is 1. The number of carbonyl (C=O) groups is 2. The van der Waals surface area contributed by atoms with Gasteiger partial charge in [-0.3, -0.25) is 4.79 Å². The van der Waals surface area contributed by atoms with Crippen LogP contribution < -0.4 is 10.1 Å². The molecule has 0 aliphatic carbocycles. The highest BCUT2D eigenvalue weighted by atomic mass is 16.5. The van der Waals surface area contributed by atoms with Crippen LogP contribution in [0.5, 0.6) is 5.75 Å². The van der Waals surface area contributed by atoms with Gasteiger partial charge in [-0.1, -0.05) is 19.9 Å². The van der Waals surface area contributed by atoms with Crippen molar-refractivity contribution in [3.63, 3.8) is 0 Å². The van der Waals surface area contributed by atoms with Crippen LogP contribution in [-0.4, -0.2) is 60.6 Å². The number of nitrogens with one attached hydrogen (secondary N) is 1. The zero-order valence-corrected chi connectivity index (χ0v) is 16.8. The summed E-state index contributed by atoms with van der Waals surface area (Å²) in [6, 6.07) is 5.68. The topological polar surface area (TPSA) is 61.9 Å². The Morgan fingerprint density at radius 3 is 2.15 bits per heavy atom. The largest absolute Gasteiger partial charge is 0.496 e. The third-order valence-corrected chi connectivity index (χ3v) is 4.46. The average molecular weight is 361 g/mol. The molecule has 1 N–H and O–H groups in total. The van der Waals surface area contributed by atoms with Crippen LogP contribution in [0.15, 0.2) is 18.2 Å². The van der Waals surface area contributed by atoms with Crippen molar-refractivity contribution < 1.29 is 14.3 Å². The summed E-state index contributed by atoms with van der Waals surface area (Å²) < 4.78 is 5.44. The van der Waals surface area contributed by atoms with E-state index in [0.29, 0.717) is 43.4 Å². The second kappa shape index (κ2) is 7.98. The van der Waals surface area contributed by atoms with Gasteiger partial charge in [-0.2, -0.15) is 0 Å². The molecular weight excluding hydrogens is 330 g/mol. The SMILES string of the molecule is COc1cc(C(C)C)ccc1C(=O)N1CCN(C(=O)NC(C)(C)C)CC1. The first kappa shape index (κ1) is 20.1. The minimum Gasteiger partial charge on any atom is -0.496 e. The monoisotopic (exact) mass is 361 g/mol. The van der Waals surface area contributed by atoms with Crippen LogP contribution >= 0.6 is 0 Å². The zero-order valence-electron chi connectivity index (χ0n) is 16.8. The molecule has 0 bridgehead atoms. The van der Waals surface area contributed by atoms with Gasteiger partial charge < -0.3 is 19.9 Å². The van der Waals surface area contributed by atoms with Crippen LogP contribution in [-0.2, 0) is 0 Å². The lowest BCUT2D eigenvalue weighted by Gasteiger charge is -2.36. The molecule has 1 saturated heterocycles. The van der Waals surface area contributed by atoms with Crippen LogP contribution in [0.1, 0.15) is 56.5 Å². The van der Waals surface area contributed by atoms with Gasteiger partial charge in [-0.25, -0.2) is 4.79 Å². The van der Waals surface area contributed by atoms with E-state index in [1.165, 1.54) is 0 Å². The van der Waals surface area contributed by atoms with Crippen molar-refractivity contribution in [2.75, 3.05) is 33.3 Å². The molecule has 3 amide bonds. The minimum atomic E-state index is -0.268. The molecule has 0 spiro atoms. The Morgan fingerprint density at radius 2 is 1.65 bits per heavy atom. The molecule has 1 aromatic rings. The molecule has 1 aliphatic rings. The van der Waals surface area contributed by atoms with E-state index in [1.807, 2.05) is 39.0 Å². The highest BCUT2D eigenvalue weighted by molar-refractivity contribution is 5.97. The van der Waals surface area contributed by atoms with Crippen molar-refractivity contribution in [2.24, 2.45) is 0 Å². The molecule has 144 valence electrons. The van der Waals surface area contributed by atoms with Gasteiger partial charge in [0.05, 0.1) is 12.7 Å². The third kappa shape index (κ3) is 4.90. The number of rotatable bonds is 3. The maximum Gasteiger partial charge on any atom is 0.317 e. The van der Waals surface area contributed by atoms with Gasteiger partial charge >= 0.3 is 6.03 Å². The van der Waals surface area contributed by atoms with Gasteiger partial charge in [0.2, 0.25) is 0 Å². The fourth-order valence-corrected chi connectivity index (χ4v) is 2.93. The highest BCUT2D eigenvalue weighted by Crippen LogP contribution is 2.26. The summed E-state index contributed by atoms with van der Waals surface area (Å²) in [5.41, 5.74) is 1.45. The van der Waals surface area contributed by atoms with Crippen LogP contribution in [0, 0.1) is 0 Å². The number of piperazine rings is 1. The van der Waals surface area contributed by atoms with Crippen LogP contribution in [0.2, 0.25) is 0 Å². The first-order valence-corrected chi connectivity index (χ1v) is 9.16. The number of methoxy groups -OCH3 is 1. The molecule has 0 unspecified atom stereocenters. The summed E-state index contributed by atoms with van der Waals surface area (Å²) >= 11 is 0. The zero-order chi connectivity index (χ0) is 19.5. The molecule has 0 atom stereocenters. The van der Waals surface area contributed by atoms with E-state index < -0.39 is 0 Å². The second-order valence-electron chi connectivity index (χ2n) is 8.07. The predicted molar refractivity (Wildman–Crippen MR) is 103 cm³/mol. The first-order chi connectivity index (χ1) is 12.1. The fraction of sp³-hybridized carbons (Fsp3) is 0.600. The molecule has 6 nitrogen and oxygen atoms in total. The molecule has 1 aromatic carbocycles. The summed E-state index contributed by atoms with van der Waals surface area (Å²) in [7, 11) is 1.59. The fourth-order valence-electron chi connectivity index (χ4n) is 2.93. The molecule has 0 aromatic heterocycles. The maximum absolute atomic E-state index is 12.9. The number of hydrogen-bond donors (Lipinski definition) is 1. The quantitative estimate of drug-likeness (QED) is 0.900. The molecule has 0 saturated carbocycles. The van der Waals surface area contributed by atoms with E-state index in [0.717, 1.165) is 5.56 Å². The first-order valence-electron chi connectivity index (χ1n) is 9.16. The predicted octanol–water partition coefficient (Wildman–Crippen LogP) is 3.08. The van der Waals surface area contributed by atoms with E-state index >= 15 is 0 Å². The van der Waals surface area contributed by atoms with E-state index in [-0.39, 0.29) is 17.5 Å². The Kier molecular flexibility index (Phi) is 6.16. The molecular formula is C20H31N3O3. The van der Waals surface area contributed by atoms with E-state index in [9.17, 15) is 9.59 Å². The maximum atomic E-state index is 12.9. The Bertz CT molecular complexity index is 657. The number of carbonyl (C=O) groups excluding carboxylic acids is 2. The summed E-state index contributed by atoms with van der Waals surface area (Å²) in [6.45, 7) is 12.2. The smallest absolute Gasteiger partial charge is 0.317 e. The average Bonchev–Trinajstić information content (AvgIpc) is 2.59. The normalized spacial score (nSPS) is 15.2. The summed E-state index contributed by atoms with van der Waals surface area (Å²) in [5, 5.41) is 2.96. The van der Waals surface area contributed by atoms with Gasteiger partial charge in [0.25, 0.3) is 5.91 Å². The van der Waals surface area contributed by atoms with Crippen molar-refractivity contribution in [1.29, 1.82) is 0 Å². The van der Waals surface area contributed by atoms with Gasteiger partial charge in [0.1, 0.15) is 5.75 Å². The molecule has 0 radical (unpaired) electrons. The van der Waals surface area contributed by atoms with Crippen LogP contribution in [0.25, 0.3) is 0 Å². The van der Waals surface area contributed by atoms with Gasteiger partial charge in [-0.05, 0) is 44.4 Å². The molecule has 2 rings (SSSR count). The van der Waals surface area contributed by atoms with Crippen molar-refractivity contribution in [3.05, 3.63) is 29.3 Å². The lowest BCUT2D eigenvalue weighted by atomic mass is 10.0. The Balaban J connectivity index is 2.03. The number of amides is 3. The van der Waals surface area contributed by atoms with Crippen molar-refractivity contribution >= 4 is 11.9 Å². The van der Waals surface area contributed by atoms with Gasteiger partial charge in [0.15, 0.2) is 0 Å². The standard InChI is InChI=1S/C20H31N3O3/c1-14(2)15-7-8-16(17(13-15)26-6)18(24)22-9-11-23(12-10-22)19(25)21-20(3,4)5/h7-8,13-14H,9-12H2,1-6H3,(H,21,25). The number of urea groups is 1. The molecule has 1 fully saturated rings. The van der Waals surface area contributed by atoms with Crippen LogP contribution in [0.4, 0.5) is 4.79 Å². The van der Waals surface area contributed by atoms with Gasteiger partial charge in [0, 0.05) is 31.7 Å². The molecule has 1 aliphatic heterocycles. The van der Waals surface area contributed by atoms with Crippen molar-refractivity contribution in [1.82, 2.24) is 15.1 Å². The minimum absolute atomic E-state index is 0.0481. The summed E-state index contributed by atoms with van der Waals surface area (Å²) in [6.07, 6.45) is 0. The number of benzene rings is 1. The Hall–Kier alpha value is -2.24. The van der Waals surface area contributed by atoms with E-state index in [1.54, 1.807) is 16.9 Å². The summed E-state index contributed by atoms with van der Waals surface area (Å²) in [5.74, 6) is 0.931. The van der Waals surface area contributed by atoms with Crippen molar-refractivity contribution in [3.8, 4) is 5.75 Å². The highest BCUT2D eigenvalue weighted by Gasteiger charge is 2.28. The Morgan fingerprint density at radius 1 is 1.08 bits per heavy atom. The van der Waals surface area contributed by atoms with E-state index in [2.05, 4.69) is 19.2 Å².